The molecule has 210 valence electrons. The monoisotopic (exact) mass is 554 g/mol. The number of sulfonamides is 1. The van der Waals surface area contributed by atoms with Gasteiger partial charge in [0.15, 0.2) is 0 Å². The average molecular weight is 555 g/mol. The summed E-state index contributed by atoms with van der Waals surface area (Å²) in [5, 5.41) is 7.08. The van der Waals surface area contributed by atoms with Crippen molar-refractivity contribution in [3.05, 3.63) is 53.4 Å². The number of carbonyl (C=O) groups excluding carboxylic acids is 2. The number of hydrogen-bond donors (Lipinski definition) is 2. The first-order valence-corrected chi connectivity index (χ1v) is 15.6. The predicted octanol–water partition coefficient (Wildman–Crippen LogP) is 4.05. The summed E-state index contributed by atoms with van der Waals surface area (Å²) in [6.45, 7) is 5.53. The number of nitrogens with zero attached hydrogens (tertiary/aromatic N) is 2. The molecule has 0 bridgehead atoms. The van der Waals surface area contributed by atoms with Crippen LogP contribution in [0.4, 0.5) is 0 Å². The molecule has 0 spiro atoms. The summed E-state index contributed by atoms with van der Waals surface area (Å²) in [6.07, 6.45) is 10.0. The van der Waals surface area contributed by atoms with E-state index in [4.69, 9.17) is 4.74 Å². The van der Waals surface area contributed by atoms with Crippen LogP contribution in [0.15, 0.2) is 42.1 Å². The first kappa shape index (κ1) is 27.4. The van der Waals surface area contributed by atoms with Crippen LogP contribution >= 0.6 is 0 Å². The molecule has 2 aliphatic carbocycles. The minimum absolute atomic E-state index is 0.194. The number of benzene rings is 1. The third-order valence-electron chi connectivity index (χ3n) is 7.72. The van der Waals surface area contributed by atoms with Gasteiger partial charge in [-0.25, -0.2) is 13.1 Å². The van der Waals surface area contributed by atoms with Crippen LogP contribution in [0.1, 0.15) is 82.9 Å². The fourth-order valence-electron chi connectivity index (χ4n) is 5.04. The number of unbranched alkanes of at least 4 members (excludes halogenated alkanes) is 3. The van der Waals surface area contributed by atoms with Crippen molar-refractivity contribution in [3.63, 3.8) is 0 Å². The third kappa shape index (κ3) is 6.54. The van der Waals surface area contributed by atoms with Crippen molar-refractivity contribution < 1.29 is 22.7 Å². The molecule has 1 aromatic carbocycles. The van der Waals surface area contributed by atoms with E-state index in [1.165, 1.54) is 25.7 Å². The second kappa shape index (κ2) is 11.2. The van der Waals surface area contributed by atoms with Crippen molar-refractivity contribution in [1.29, 1.82) is 0 Å². The van der Waals surface area contributed by atoms with E-state index in [2.05, 4.69) is 22.1 Å². The molecule has 1 aliphatic heterocycles. The average Bonchev–Trinajstić information content (AvgIpc) is 3.82. The smallest absolute Gasteiger partial charge is 0.270 e. The zero-order valence-electron chi connectivity index (χ0n) is 22.7. The van der Waals surface area contributed by atoms with Crippen LogP contribution in [0.2, 0.25) is 0 Å². The van der Waals surface area contributed by atoms with Crippen LogP contribution < -0.4 is 14.8 Å². The van der Waals surface area contributed by atoms with Crippen LogP contribution in [0.25, 0.3) is 5.57 Å². The minimum Gasteiger partial charge on any atom is -0.494 e. The lowest BCUT2D eigenvalue weighted by atomic mass is 9.79. The molecule has 39 heavy (non-hydrogen) atoms. The molecule has 10 heteroatoms. The Labute approximate surface area is 230 Å². The summed E-state index contributed by atoms with van der Waals surface area (Å²) in [5.74, 6) is -0.151. The highest BCUT2D eigenvalue weighted by atomic mass is 32.2. The highest BCUT2D eigenvalue weighted by Gasteiger charge is 2.43. The van der Waals surface area contributed by atoms with Crippen LogP contribution in [-0.2, 0) is 31.7 Å². The molecular formula is C29H38N4O5S. The van der Waals surface area contributed by atoms with Gasteiger partial charge in [0.2, 0.25) is 10.0 Å². The normalized spacial score (nSPS) is 21.5. The topological polar surface area (TPSA) is 119 Å². The van der Waals surface area contributed by atoms with E-state index in [0.717, 1.165) is 30.7 Å². The van der Waals surface area contributed by atoms with E-state index in [1.54, 1.807) is 6.07 Å². The zero-order chi connectivity index (χ0) is 27.6. The van der Waals surface area contributed by atoms with E-state index in [0.29, 0.717) is 36.6 Å². The molecule has 9 nitrogen and oxygen atoms in total. The van der Waals surface area contributed by atoms with Crippen molar-refractivity contribution in [3.8, 4) is 5.75 Å². The minimum atomic E-state index is -3.82. The highest BCUT2D eigenvalue weighted by molar-refractivity contribution is 7.91. The van der Waals surface area contributed by atoms with Crippen LogP contribution in [0.5, 0.6) is 5.75 Å². The van der Waals surface area contributed by atoms with Gasteiger partial charge in [-0.3, -0.25) is 14.3 Å². The van der Waals surface area contributed by atoms with E-state index in [9.17, 15) is 18.0 Å². The number of aromatic nitrogens is 2. The molecule has 2 heterocycles. The molecule has 0 unspecified atom stereocenters. The summed E-state index contributed by atoms with van der Waals surface area (Å²) >= 11 is 0. The van der Waals surface area contributed by atoms with E-state index < -0.39 is 32.6 Å². The molecular weight excluding hydrogens is 516 g/mol. The zero-order valence-corrected chi connectivity index (χ0v) is 23.6. The highest BCUT2D eigenvalue weighted by Crippen LogP contribution is 2.39. The first-order valence-electron chi connectivity index (χ1n) is 14.1. The summed E-state index contributed by atoms with van der Waals surface area (Å²) in [5.41, 5.74) is 0.786. The van der Waals surface area contributed by atoms with Gasteiger partial charge in [-0.1, -0.05) is 38.3 Å². The Hall–Kier alpha value is -3.14. The molecule has 2 fully saturated rings. The molecule has 2 amide bonds. The quantitative estimate of drug-likeness (QED) is 0.285. The Balaban J connectivity index is 1.40. The maximum atomic E-state index is 13.5. The second-order valence-corrected chi connectivity index (χ2v) is 13.3. The lowest BCUT2D eigenvalue weighted by molar-refractivity contribution is -0.124. The summed E-state index contributed by atoms with van der Waals surface area (Å²) in [7, 11) is -3.82. The Bertz CT molecular complexity index is 1360. The van der Waals surface area contributed by atoms with Gasteiger partial charge >= 0.3 is 0 Å². The van der Waals surface area contributed by atoms with Crippen LogP contribution in [0.3, 0.4) is 0 Å². The van der Waals surface area contributed by atoms with Gasteiger partial charge < -0.3 is 10.1 Å². The SMILES string of the molecule is CCCCCCOc1ccc([C@]2(C)CC(c3ccn(CC4CC4)n3)=C(C(=O)NS(=O)(=O)C3CC3)C(=O)N2)cc1. The lowest BCUT2D eigenvalue weighted by Gasteiger charge is -2.37. The predicted molar refractivity (Wildman–Crippen MR) is 148 cm³/mol. The molecule has 0 saturated heterocycles. The number of nitrogens with one attached hydrogen (secondary N) is 2. The van der Waals surface area contributed by atoms with Gasteiger partial charge in [0.1, 0.15) is 11.3 Å². The number of carbonyl (C=O) groups is 2. The number of ether oxygens (including phenoxy) is 1. The van der Waals surface area contributed by atoms with E-state index >= 15 is 0 Å². The molecule has 0 radical (unpaired) electrons. The summed E-state index contributed by atoms with van der Waals surface area (Å²) in [4.78, 5) is 26.7. The maximum absolute atomic E-state index is 13.5. The Morgan fingerprint density at radius 2 is 1.87 bits per heavy atom. The molecule has 1 aromatic heterocycles. The van der Waals surface area contributed by atoms with Crippen molar-refractivity contribution in [1.82, 2.24) is 19.8 Å². The van der Waals surface area contributed by atoms with Gasteiger partial charge in [0, 0.05) is 24.7 Å². The molecule has 5 rings (SSSR count). The molecule has 2 N–H and O–H groups in total. The third-order valence-corrected chi connectivity index (χ3v) is 9.54. The lowest BCUT2D eigenvalue weighted by Crippen LogP contribution is -2.51. The Morgan fingerprint density at radius 1 is 1.13 bits per heavy atom. The van der Waals surface area contributed by atoms with Crippen molar-refractivity contribution in [2.75, 3.05) is 6.61 Å². The summed E-state index contributed by atoms with van der Waals surface area (Å²) in [6, 6.07) is 9.44. The van der Waals surface area contributed by atoms with Gasteiger partial charge in [-0.2, -0.15) is 5.10 Å². The Kier molecular flexibility index (Phi) is 7.84. The van der Waals surface area contributed by atoms with Crippen molar-refractivity contribution >= 4 is 27.4 Å². The van der Waals surface area contributed by atoms with Gasteiger partial charge in [0.25, 0.3) is 11.8 Å². The van der Waals surface area contributed by atoms with Crippen molar-refractivity contribution in [2.45, 2.75) is 89.0 Å². The number of rotatable bonds is 13. The maximum Gasteiger partial charge on any atom is 0.270 e. The van der Waals surface area contributed by atoms with Crippen molar-refractivity contribution in [2.24, 2.45) is 5.92 Å². The number of amides is 2. The molecule has 3 aliphatic rings. The molecule has 2 aromatic rings. The van der Waals surface area contributed by atoms with Gasteiger partial charge in [-0.05, 0) is 68.7 Å². The molecule has 1 atom stereocenters. The fraction of sp³-hybridized carbons (Fsp3) is 0.552. The van der Waals surface area contributed by atoms with Gasteiger partial charge in [0.05, 0.1) is 23.1 Å². The fourth-order valence-corrected chi connectivity index (χ4v) is 6.32. The summed E-state index contributed by atoms with van der Waals surface area (Å²) < 4.78 is 34.9. The number of hydrogen-bond acceptors (Lipinski definition) is 6. The Morgan fingerprint density at radius 3 is 2.54 bits per heavy atom. The first-order chi connectivity index (χ1) is 18.7. The molecule has 2 saturated carbocycles. The van der Waals surface area contributed by atoms with E-state index in [-0.39, 0.29) is 12.0 Å². The van der Waals surface area contributed by atoms with Crippen LogP contribution in [-0.4, -0.2) is 41.9 Å². The standard InChI is InChI=1S/C29H38N4O5S/c1-3-4-5-6-17-38-22-11-9-21(10-12-22)29(2)18-24(25-15-16-33(31-25)19-20-7-8-20)26(27(34)30-29)28(35)32-39(36,37)23-13-14-23/h9-12,15-16,20,23H,3-8,13-14,17-19H2,1-2H3,(H,30,34)(H,32,35)/t29-/m0/s1. The second-order valence-electron chi connectivity index (χ2n) is 11.3. The largest absolute Gasteiger partial charge is 0.494 e. The van der Waals surface area contributed by atoms with Gasteiger partial charge in [-0.15, -0.1) is 0 Å². The van der Waals surface area contributed by atoms with E-state index in [1.807, 2.05) is 42.1 Å². The van der Waals surface area contributed by atoms with Crippen LogP contribution in [0, 0.1) is 5.92 Å².